The highest BCUT2D eigenvalue weighted by atomic mass is 16.2. The average molecular weight is 235 g/mol. The van der Waals surface area contributed by atoms with Crippen LogP contribution in [0.15, 0.2) is 6.07 Å². The molecule has 1 saturated carbocycles. The van der Waals surface area contributed by atoms with Crippen molar-refractivity contribution in [1.82, 2.24) is 9.78 Å². The Labute approximate surface area is 102 Å². The predicted octanol–water partition coefficient (Wildman–Crippen LogP) is 2.59. The Morgan fingerprint density at radius 3 is 2.47 bits per heavy atom. The minimum atomic E-state index is -0.0741. The Kier molecular flexibility index (Phi) is 2.98. The average Bonchev–Trinajstić information content (AvgIpc) is 2.83. The lowest BCUT2D eigenvalue weighted by molar-refractivity contribution is 0.0822. The Balaban J connectivity index is 2.26. The van der Waals surface area contributed by atoms with Crippen molar-refractivity contribution in [1.29, 1.82) is 0 Å². The molecule has 4 heteroatoms. The molecule has 0 saturated heterocycles. The van der Waals surface area contributed by atoms with Crippen molar-refractivity contribution < 1.29 is 4.79 Å². The molecule has 4 nitrogen and oxygen atoms in total. The van der Waals surface area contributed by atoms with E-state index in [0.29, 0.717) is 5.82 Å². The summed E-state index contributed by atoms with van der Waals surface area (Å²) in [4.78, 5) is 12.2. The molecule has 1 aromatic heterocycles. The van der Waals surface area contributed by atoms with Crippen LogP contribution < -0.4 is 5.73 Å². The fraction of sp³-hybridized carbons (Fsp3) is 0.692. The highest BCUT2D eigenvalue weighted by Gasteiger charge is 2.27. The lowest BCUT2D eigenvalue weighted by Crippen LogP contribution is -2.23. The second-order valence-corrected chi connectivity index (χ2v) is 5.94. The monoisotopic (exact) mass is 235 g/mol. The number of hydrogen-bond acceptors (Lipinski definition) is 3. The molecular formula is C13H21N3O. The molecule has 1 aromatic rings. The van der Waals surface area contributed by atoms with Gasteiger partial charge >= 0.3 is 0 Å². The summed E-state index contributed by atoms with van der Waals surface area (Å²) in [5.41, 5.74) is 6.69. The molecule has 1 aliphatic rings. The summed E-state index contributed by atoms with van der Waals surface area (Å²) in [6.07, 6.45) is 4.24. The number of rotatable bonds is 1. The van der Waals surface area contributed by atoms with Crippen LogP contribution in [-0.4, -0.2) is 15.7 Å². The van der Waals surface area contributed by atoms with Crippen LogP contribution in [0.1, 0.15) is 56.9 Å². The first-order valence-corrected chi connectivity index (χ1v) is 6.30. The van der Waals surface area contributed by atoms with Gasteiger partial charge in [0.25, 0.3) is 5.91 Å². The van der Waals surface area contributed by atoms with Gasteiger partial charge in [-0.15, -0.1) is 0 Å². The SMILES string of the molecule is CC(C)(C)c1cc(N)n(C(=O)C2CCCC2)n1. The van der Waals surface area contributed by atoms with Gasteiger partial charge in [-0.1, -0.05) is 33.6 Å². The third kappa shape index (κ3) is 2.35. The molecule has 94 valence electrons. The number of nitrogen functional groups attached to an aromatic ring is 1. The Morgan fingerprint density at radius 2 is 2.00 bits per heavy atom. The van der Waals surface area contributed by atoms with Crippen LogP contribution in [0, 0.1) is 5.92 Å². The van der Waals surface area contributed by atoms with Gasteiger partial charge < -0.3 is 5.73 Å². The highest BCUT2D eigenvalue weighted by molar-refractivity contribution is 5.83. The summed E-state index contributed by atoms with van der Waals surface area (Å²) in [6, 6.07) is 1.81. The molecule has 2 rings (SSSR count). The zero-order valence-electron chi connectivity index (χ0n) is 10.9. The summed E-state index contributed by atoms with van der Waals surface area (Å²) in [6.45, 7) is 6.21. The largest absolute Gasteiger partial charge is 0.383 e. The van der Waals surface area contributed by atoms with Gasteiger partial charge in [-0.25, -0.2) is 0 Å². The molecule has 0 aliphatic heterocycles. The molecule has 0 spiro atoms. The quantitative estimate of drug-likeness (QED) is 0.813. The van der Waals surface area contributed by atoms with Gasteiger partial charge in [0.2, 0.25) is 0 Å². The van der Waals surface area contributed by atoms with Crippen LogP contribution in [0.5, 0.6) is 0 Å². The zero-order chi connectivity index (χ0) is 12.6. The second kappa shape index (κ2) is 4.17. The van der Waals surface area contributed by atoms with Gasteiger partial charge in [-0.2, -0.15) is 9.78 Å². The van der Waals surface area contributed by atoms with Crippen molar-refractivity contribution in [2.75, 3.05) is 5.73 Å². The molecule has 0 atom stereocenters. The molecule has 0 unspecified atom stereocenters. The maximum atomic E-state index is 12.2. The summed E-state index contributed by atoms with van der Waals surface area (Å²) in [5.74, 6) is 0.646. The first kappa shape index (κ1) is 12.1. The van der Waals surface area contributed by atoms with E-state index in [4.69, 9.17) is 5.73 Å². The molecule has 2 N–H and O–H groups in total. The summed E-state index contributed by atoms with van der Waals surface area (Å²) in [5, 5.41) is 4.37. The predicted molar refractivity (Wildman–Crippen MR) is 67.9 cm³/mol. The molecule has 1 fully saturated rings. The molecule has 0 amide bonds. The first-order valence-electron chi connectivity index (χ1n) is 6.30. The van der Waals surface area contributed by atoms with E-state index in [1.807, 2.05) is 6.07 Å². The Bertz CT molecular complexity index is 422. The second-order valence-electron chi connectivity index (χ2n) is 5.94. The van der Waals surface area contributed by atoms with Gasteiger partial charge in [0, 0.05) is 17.4 Å². The number of nitrogens with zero attached hydrogens (tertiary/aromatic N) is 2. The van der Waals surface area contributed by atoms with E-state index in [-0.39, 0.29) is 17.2 Å². The third-order valence-corrected chi connectivity index (χ3v) is 3.42. The van der Waals surface area contributed by atoms with Crippen molar-refractivity contribution in [2.45, 2.75) is 51.9 Å². The van der Waals surface area contributed by atoms with E-state index in [0.717, 1.165) is 31.4 Å². The van der Waals surface area contributed by atoms with E-state index >= 15 is 0 Å². The minimum absolute atomic E-state index is 0.0653. The van der Waals surface area contributed by atoms with Crippen LogP contribution in [-0.2, 0) is 5.41 Å². The maximum absolute atomic E-state index is 12.2. The topological polar surface area (TPSA) is 60.9 Å². The van der Waals surface area contributed by atoms with Crippen LogP contribution >= 0.6 is 0 Å². The van der Waals surface area contributed by atoms with E-state index in [1.165, 1.54) is 4.68 Å². The molecule has 0 radical (unpaired) electrons. The molecule has 1 heterocycles. The molecule has 0 bridgehead atoms. The van der Waals surface area contributed by atoms with Crippen molar-refractivity contribution in [3.8, 4) is 0 Å². The Morgan fingerprint density at radius 1 is 1.41 bits per heavy atom. The number of carbonyl (C=O) groups is 1. The van der Waals surface area contributed by atoms with Gasteiger partial charge in [-0.3, -0.25) is 4.79 Å². The highest BCUT2D eigenvalue weighted by Crippen LogP contribution is 2.28. The van der Waals surface area contributed by atoms with Crippen molar-refractivity contribution in [3.05, 3.63) is 11.8 Å². The molecular weight excluding hydrogens is 214 g/mol. The van der Waals surface area contributed by atoms with E-state index < -0.39 is 0 Å². The van der Waals surface area contributed by atoms with Crippen LogP contribution in [0.2, 0.25) is 0 Å². The number of anilines is 1. The number of carbonyl (C=O) groups excluding carboxylic acids is 1. The smallest absolute Gasteiger partial charge is 0.251 e. The number of nitrogens with two attached hydrogens (primary N) is 1. The first-order chi connectivity index (χ1) is 7.89. The van der Waals surface area contributed by atoms with E-state index in [1.54, 1.807) is 0 Å². The molecule has 1 aliphatic carbocycles. The van der Waals surface area contributed by atoms with Gasteiger partial charge in [0.1, 0.15) is 5.82 Å². The molecule has 17 heavy (non-hydrogen) atoms. The summed E-state index contributed by atoms with van der Waals surface area (Å²) < 4.78 is 1.40. The van der Waals surface area contributed by atoms with Gasteiger partial charge in [0.05, 0.1) is 5.69 Å². The number of hydrogen-bond donors (Lipinski definition) is 1. The molecule has 0 aromatic carbocycles. The normalized spacial score (nSPS) is 17.6. The van der Waals surface area contributed by atoms with Crippen LogP contribution in [0.25, 0.3) is 0 Å². The third-order valence-electron chi connectivity index (χ3n) is 3.42. The lowest BCUT2D eigenvalue weighted by atomic mass is 9.92. The summed E-state index contributed by atoms with van der Waals surface area (Å²) >= 11 is 0. The maximum Gasteiger partial charge on any atom is 0.251 e. The van der Waals surface area contributed by atoms with Gasteiger partial charge in [0.15, 0.2) is 0 Å². The van der Waals surface area contributed by atoms with Crippen molar-refractivity contribution in [2.24, 2.45) is 5.92 Å². The summed E-state index contributed by atoms with van der Waals surface area (Å²) in [7, 11) is 0. The minimum Gasteiger partial charge on any atom is -0.383 e. The fourth-order valence-corrected chi connectivity index (χ4v) is 2.28. The van der Waals surface area contributed by atoms with Crippen molar-refractivity contribution >= 4 is 11.7 Å². The van der Waals surface area contributed by atoms with Crippen molar-refractivity contribution in [3.63, 3.8) is 0 Å². The standard InChI is InChI=1S/C13H21N3O/c1-13(2,3)10-8-11(14)16(15-10)12(17)9-6-4-5-7-9/h8-9H,4-7,14H2,1-3H3. The van der Waals surface area contributed by atoms with E-state index in [2.05, 4.69) is 25.9 Å². The fourth-order valence-electron chi connectivity index (χ4n) is 2.28. The Hall–Kier alpha value is -1.32. The lowest BCUT2D eigenvalue weighted by Gasteiger charge is -2.14. The zero-order valence-corrected chi connectivity index (χ0v) is 10.9. The van der Waals surface area contributed by atoms with E-state index in [9.17, 15) is 4.79 Å². The number of aromatic nitrogens is 2. The van der Waals surface area contributed by atoms with Gasteiger partial charge in [-0.05, 0) is 12.8 Å². The van der Waals surface area contributed by atoms with Crippen LogP contribution in [0.3, 0.4) is 0 Å². The van der Waals surface area contributed by atoms with Crippen LogP contribution in [0.4, 0.5) is 5.82 Å².